The second kappa shape index (κ2) is 9.19. The quantitative estimate of drug-likeness (QED) is 0.712. The topological polar surface area (TPSA) is 66.9 Å². The van der Waals surface area contributed by atoms with Gasteiger partial charge in [-0.15, -0.1) is 0 Å². The van der Waals surface area contributed by atoms with Crippen molar-refractivity contribution in [2.75, 3.05) is 19.7 Å². The zero-order chi connectivity index (χ0) is 21.1. The average molecular weight is 413 g/mol. The highest BCUT2D eigenvalue weighted by atomic mass is 16.5. The van der Waals surface area contributed by atoms with Gasteiger partial charge in [-0.3, -0.25) is 14.4 Å². The Morgan fingerprint density at radius 1 is 1.03 bits per heavy atom. The van der Waals surface area contributed by atoms with Crippen molar-refractivity contribution in [2.24, 2.45) is 11.8 Å². The first kappa shape index (κ1) is 20.9. The minimum atomic E-state index is -0.424. The molecule has 0 bridgehead atoms. The number of nitrogens with zero attached hydrogens (tertiary/aromatic N) is 2. The van der Waals surface area contributed by atoms with E-state index in [0.717, 1.165) is 38.5 Å². The third-order valence-electron chi connectivity index (χ3n) is 6.98. The van der Waals surface area contributed by atoms with E-state index in [9.17, 15) is 14.4 Å². The van der Waals surface area contributed by atoms with E-state index in [0.29, 0.717) is 31.2 Å². The molecule has 0 aromatic heterocycles. The van der Waals surface area contributed by atoms with Crippen LogP contribution in [-0.2, 0) is 14.3 Å². The molecule has 2 amide bonds. The van der Waals surface area contributed by atoms with Crippen molar-refractivity contribution in [3.05, 3.63) is 35.9 Å². The van der Waals surface area contributed by atoms with Crippen LogP contribution in [0.4, 0.5) is 0 Å². The number of carbonyl (C=O) groups is 3. The van der Waals surface area contributed by atoms with Gasteiger partial charge >= 0.3 is 5.97 Å². The summed E-state index contributed by atoms with van der Waals surface area (Å²) in [5.74, 6) is -0.118. The van der Waals surface area contributed by atoms with Gasteiger partial charge in [0.15, 0.2) is 0 Å². The van der Waals surface area contributed by atoms with Gasteiger partial charge in [-0.05, 0) is 57.1 Å². The summed E-state index contributed by atoms with van der Waals surface area (Å²) in [6.45, 7) is 3.20. The summed E-state index contributed by atoms with van der Waals surface area (Å²) in [6.07, 6.45) is 6.62. The summed E-state index contributed by atoms with van der Waals surface area (Å²) in [6, 6.07) is 9.02. The van der Waals surface area contributed by atoms with Crippen LogP contribution < -0.4 is 0 Å². The van der Waals surface area contributed by atoms with Gasteiger partial charge in [0, 0.05) is 24.7 Å². The molecule has 3 aliphatic rings. The summed E-state index contributed by atoms with van der Waals surface area (Å²) in [5, 5.41) is 0. The number of esters is 1. The lowest BCUT2D eigenvalue weighted by molar-refractivity contribution is -0.152. The van der Waals surface area contributed by atoms with Crippen molar-refractivity contribution in [3.8, 4) is 0 Å². The summed E-state index contributed by atoms with van der Waals surface area (Å²) in [7, 11) is 0. The monoisotopic (exact) mass is 412 g/mol. The molecule has 0 radical (unpaired) electrons. The molecule has 30 heavy (non-hydrogen) atoms. The lowest BCUT2D eigenvalue weighted by atomic mass is 9.84. The van der Waals surface area contributed by atoms with E-state index in [1.54, 1.807) is 11.8 Å². The Bertz CT molecular complexity index is 781. The van der Waals surface area contributed by atoms with Gasteiger partial charge in [0.05, 0.1) is 12.5 Å². The van der Waals surface area contributed by atoms with E-state index in [1.807, 2.05) is 35.2 Å². The minimum Gasteiger partial charge on any atom is -0.466 e. The predicted molar refractivity (Wildman–Crippen MR) is 113 cm³/mol. The largest absolute Gasteiger partial charge is 0.466 e. The lowest BCUT2D eigenvalue weighted by Gasteiger charge is -2.37. The molecule has 1 saturated carbocycles. The van der Waals surface area contributed by atoms with E-state index in [-0.39, 0.29) is 29.7 Å². The summed E-state index contributed by atoms with van der Waals surface area (Å²) < 4.78 is 5.19. The number of rotatable bonds is 4. The van der Waals surface area contributed by atoms with Gasteiger partial charge in [0.25, 0.3) is 5.91 Å². The van der Waals surface area contributed by atoms with Gasteiger partial charge in [0.2, 0.25) is 5.91 Å². The van der Waals surface area contributed by atoms with Gasteiger partial charge in [0.1, 0.15) is 6.04 Å². The van der Waals surface area contributed by atoms with Crippen LogP contribution in [0.25, 0.3) is 0 Å². The Morgan fingerprint density at radius 2 is 1.80 bits per heavy atom. The maximum absolute atomic E-state index is 13.6. The molecular weight excluding hydrogens is 380 g/mol. The molecule has 4 atom stereocenters. The first-order chi connectivity index (χ1) is 14.6. The molecule has 0 spiro atoms. The Hall–Kier alpha value is -2.37. The fourth-order valence-electron chi connectivity index (χ4n) is 5.54. The Kier molecular flexibility index (Phi) is 6.40. The second-order valence-corrected chi connectivity index (χ2v) is 8.82. The molecule has 6 nitrogen and oxygen atoms in total. The van der Waals surface area contributed by atoms with Gasteiger partial charge in [-0.25, -0.2) is 0 Å². The SMILES string of the molecule is CCOC(=O)C1CCCN(C(=O)C2CC3CCCCC3N2C(=O)c2ccccc2)C1. The Labute approximate surface area is 178 Å². The third kappa shape index (κ3) is 4.09. The molecular formula is C24H32N2O4. The van der Waals surface area contributed by atoms with E-state index in [1.165, 1.54) is 6.42 Å². The molecule has 2 aliphatic heterocycles. The number of carbonyl (C=O) groups excluding carboxylic acids is 3. The van der Waals surface area contributed by atoms with Crippen LogP contribution in [0.15, 0.2) is 30.3 Å². The predicted octanol–water partition coefficient (Wildman–Crippen LogP) is 3.26. The van der Waals surface area contributed by atoms with Crippen molar-refractivity contribution >= 4 is 17.8 Å². The maximum atomic E-state index is 13.6. The van der Waals surface area contributed by atoms with Crippen LogP contribution in [0.3, 0.4) is 0 Å². The Balaban J connectivity index is 1.55. The van der Waals surface area contributed by atoms with Crippen LogP contribution in [0, 0.1) is 11.8 Å². The number of hydrogen-bond acceptors (Lipinski definition) is 4. The fourth-order valence-corrected chi connectivity index (χ4v) is 5.54. The molecule has 4 unspecified atom stereocenters. The van der Waals surface area contributed by atoms with Crippen LogP contribution in [0.5, 0.6) is 0 Å². The minimum absolute atomic E-state index is 0.00248. The molecule has 2 heterocycles. The van der Waals surface area contributed by atoms with Crippen LogP contribution in [0.1, 0.15) is 62.2 Å². The summed E-state index contributed by atoms with van der Waals surface area (Å²) >= 11 is 0. The first-order valence-corrected chi connectivity index (χ1v) is 11.4. The molecule has 1 aromatic rings. The maximum Gasteiger partial charge on any atom is 0.310 e. The summed E-state index contributed by atoms with van der Waals surface area (Å²) in [5.41, 5.74) is 0.643. The molecule has 1 aliphatic carbocycles. The molecule has 162 valence electrons. The lowest BCUT2D eigenvalue weighted by Crippen LogP contribution is -2.53. The molecule has 1 aromatic carbocycles. The van der Waals surface area contributed by atoms with Crippen LogP contribution in [-0.4, -0.2) is 59.4 Å². The first-order valence-electron chi connectivity index (χ1n) is 11.4. The van der Waals surface area contributed by atoms with E-state index < -0.39 is 6.04 Å². The van der Waals surface area contributed by atoms with Gasteiger partial charge in [-0.2, -0.15) is 0 Å². The smallest absolute Gasteiger partial charge is 0.310 e. The van der Waals surface area contributed by atoms with Crippen molar-refractivity contribution < 1.29 is 19.1 Å². The number of fused-ring (bicyclic) bond motifs is 1. The standard InChI is InChI=1S/C24H32N2O4/c1-2-30-24(29)19-12-8-14-25(16-19)23(28)21-15-18-11-6-7-13-20(18)26(21)22(27)17-9-4-3-5-10-17/h3-5,9-10,18-21H,2,6-8,11-16H2,1H3. The van der Waals surface area contributed by atoms with Crippen molar-refractivity contribution in [3.63, 3.8) is 0 Å². The number of ether oxygens (including phenoxy) is 1. The zero-order valence-electron chi connectivity index (χ0n) is 17.8. The molecule has 0 N–H and O–H groups in total. The molecule has 4 rings (SSSR count). The molecule has 3 fully saturated rings. The fraction of sp³-hybridized carbons (Fsp3) is 0.625. The van der Waals surface area contributed by atoms with E-state index >= 15 is 0 Å². The van der Waals surface area contributed by atoms with E-state index in [4.69, 9.17) is 4.74 Å². The van der Waals surface area contributed by atoms with Crippen molar-refractivity contribution in [1.29, 1.82) is 0 Å². The zero-order valence-corrected chi connectivity index (χ0v) is 17.8. The highest BCUT2D eigenvalue weighted by molar-refractivity contribution is 5.98. The number of hydrogen-bond donors (Lipinski definition) is 0. The van der Waals surface area contributed by atoms with Crippen molar-refractivity contribution in [2.45, 2.75) is 64.0 Å². The number of benzene rings is 1. The van der Waals surface area contributed by atoms with E-state index in [2.05, 4.69) is 0 Å². The molecule has 6 heteroatoms. The van der Waals surface area contributed by atoms with Crippen LogP contribution in [0.2, 0.25) is 0 Å². The van der Waals surface area contributed by atoms with Gasteiger partial charge in [-0.1, -0.05) is 31.0 Å². The second-order valence-electron chi connectivity index (χ2n) is 8.82. The van der Waals surface area contributed by atoms with Crippen molar-refractivity contribution in [1.82, 2.24) is 9.80 Å². The highest BCUT2D eigenvalue weighted by Gasteiger charge is 2.49. The summed E-state index contributed by atoms with van der Waals surface area (Å²) in [4.78, 5) is 42.9. The molecule has 2 saturated heterocycles. The number of piperidine rings is 1. The number of likely N-dealkylation sites (tertiary alicyclic amines) is 2. The average Bonchev–Trinajstić information content (AvgIpc) is 3.18. The van der Waals surface area contributed by atoms with Gasteiger partial charge < -0.3 is 14.5 Å². The highest BCUT2D eigenvalue weighted by Crippen LogP contribution is 2.41. The normalized spacial score (nSPS) is 28.7. The Morgan fingerprint density at radius 3 is 2.57 bits per heavy atom. The number of amides is 2. The van der Waals surface area contributed by atoms with Crippen LogP contribution >= 0.6 is 0 Å². The third-order valence-corrected chi connectivity index (χ3v) is 6.98.